The second-order valence-electron chi connectivity index (χ2n) is 3.93. The number of guanidine groups is 1. The number of carbonyl (C=O) groups is 1. The van der Waals surface area contributed by atoms with Crippen LogP contribution >= 0.6 is 0 Å². The fraction of sp³-hybridized carbons (Fsp3) is 0.429. The largest absolute Gasteiger partial charge is 0.469 e. The maximum Gasteiger partial charge on any atom is 0.307 e. The molecule has 5 heteroatoms. The van der Waals surface area contributed by atoms with Crippen molar-refractivity contribution >= 4 is 11.9 Å². The third-order valence-electron chi connectivity index (χ3n) is 2.46. The van der Waals surface area contributed by atoms with Gasteiger partial charge >= 0.3 is 5.97 Å². The lowest BCUT2D eigenvalue weighted by Crippen LogP contribution is -2.38. The van der Waals surface area contributed by atoms with Crippen LogP contribution in [0.15, 0.2) is 35.3 Å². The molecule has 0 spiro atoms. The van der Waals surface area contributed by atoms with Crippen LogP contribution in [0.25, 0.3) is 0 Å². The Kier molecular flexibility index (Phi) is 7.09. The minimum atomic E-state index is -0.230. The lowest BCUT2D eigenvalue weighted by atomic mass is 10.2. The highest BCUT2D eigenvalue weighted by molar-refractivity contribution is 5.80. The lowest BCUT2D eigenvalue weighted by Gasteiger charge is -2.10. The molecule has 0 saturated carbocycles. The Hall–Kier alpha value is -2.04. The molecule has 19 heavy (non-hydrogen) atoms. The van der Waals surface area contributed by atoms with Crippen LogP contribution in [0.1, 0.15) is 18.9 Å². The number of nitrogens with one attached hydrogen (secondary N) is 2. The second-order valence-corrected chi connectivity index (χ2v) is 3.93. The highest BCUT2D eigenvalue weighted by atomic mass is 16.5. The van der Waals surface area contributed by atoms with Crippen molar-refractivity contribution in [3.8, 4) is 0 Å². The first-order valence-electron chi connectivity index (χ1n) is 6.39. The molecule has 5 nitrogen and oxygen atoms in total. The molecular formula is C14H21N3O2. The summed E-state index contributed by atoms with van der Waals surface area (Å²) >= 11 is 0. The number of rotatable bonds is 6. The molecule has 0 amide bonds. The summed E-state index contributed by atoms with van der Waals surface area (Å²) < 4.78 is 4.58. The van der Waals surface area contributed by atoms with E-state index in [0.29, 0.717) is 25.5 Å². The summed E-state index contributed by atoms with van der Waals surface area (Å²) in [6.45, 7) is 3.89. The molecule has 1 rings (SSSR count). The van der Waals surface area contributed by atoms with E-state index in [1.54, 1.807) is 0 Å². The summed E-state index contributed by atoms with van der Waals surface area (Å²) in [7, 11) is 1.39. The first-order chi connectivity index (χ1) is 9.26. The molecule has 104 valence electrons. The van der Waals surface area contributed by atoms with Crippen LogP contribution in [-0.4, -0.2) is 32.1 Å². The van der Waals surface area contributed by atoms with E-state index in [1.807, 2.05) is 37.3 Å². The maximum absolute atomic E-state index is 11.0. The monoisotopic (exact) mass is 263 g/mol. The molecule has 0 radical (unpaired) electrons. The second kappa shape index (κ2) is 8.97. The van der Waals surface area contributed by atoms with Gasteiger partial charge in [0.1, 0.15) is 0 Å². The predicted octanol–water partition coefficient (Wildman–Crippen LogP) is 1.30. The molecule has 0 aliphatic rings. The number of esters is 1. The van der Waals surface area contributed by atoms with Crippen molar-refractivity contribution in [3.63, 3.8) is 0 Å². The minimum absolute atomic E-state index is 0.230. The van der Waals surface area contributed by atoms with E-state index < -0.39 is 0 Å². The Morgan fingerprint density at radius 3 is 2.63 bits per heavy atom. The topological polar surface area (TPSA) is 62.7 Å². The summed E-state index contributed by atoms with van der Waals surface area (Å²) in [6.07, 6.45) is 0.326. The Morgan fingerprint density at radius 2 is 2.00 bits per heavy atom. The van der Waals surface area contributed by atoms with Crippen molar-refractivity contribution < 1.29 is 9.53 Å². The smallest absolute Gasteiger partial charge is 0.307 e. The van der Waals surface area contributed by atoms with E-state index in [9.17, 15) is 4.79 Å². The lowest BCUT2D eigenvalue weighted by molar-refractivity contribution is -0.140. The highest BCUT2D eigenvalue weighted by Gasteiger charge is 2.01. The average molecular weight is 263 g/mol. The van der Waals surface area contributed by atoms with Crippen LogP contribution in [0.5, 0.6) is 0 Å². The SMILES string of the molecule is CCNC(=NCc1ccccc1)NCCC(=O)OC. The van der Waals surface area contributed by atoms with Crippen LogP contribution in [0.4, 0.5) is 0 Å². The van der Waals surface area contributed by atoms with Crippen LogP contribution in [0.2, 0.25) is 0 Å². The first-order valence-corrected chi connectivity index (χ1v) is 6.39. The standard InChI is InChI=1S/C14H21N3O2/c1-3-15-14(16-10-9-13(18)19-2)17-11-12-7-5-4-6-8-12/h4-8H,3,9-11H2,1-2H3,(H2,15,16,17). The van der Waals surface area contributed by atoms with E-state index in [0.717, 1.165) is 12.1 Å². The molecule has 0 aliphatic heterocycles. The maximum atomic E-state index is 11.0. The fourth-order valence-electron chi connectivity index (χ4n) is 1.48. The number of ether oxygens (including phenoxy) is 1. The van der Waals surface area contributed by atoms with Crippen LogP contribution in [-0.2, 0) is 16.1 Å². The van der Waals surface area contributed by atoms with Crippen molar-refractivity contribution in [3.05, 3.63) is 35.9 Å². The van der Waals surface area contributed by atoms with E-state index in [2.05, 4.69) is 20.4 Å². The van der Waals surface area contributed by atoms with Gasteiger partial charge in [0.2, 0.25) is 0 Å². The number of benzene rings is 1. The summed E-state index contributed by atoms with van der Waals surface area (Å²) in [5.41, 5.74) is 1.15. The molecule has 0 fully saturated rings. The number of hydrogen-bond acceptors (Lipinski definition) is 3. The van der Waals surface area contributed by atoms with Crippen LogP contribution in [0, 0.1) is 0 Å². The van der Waals surface area contributed by atoms with Gasteiger partial charge in [-0.15, -0.1) is 0 Å². The number of hydrogen-bond donors (Lipinski definition) is 2. The summed E-state index contributed by atoms with van der Waals surface area (Å²) in [5.74, 6) is 0.474. The fourth-order valence-corrected chi connectivity index (χ4v) is 1.48. The van der Waals surface area contributed by atoms with Crippen molar-refractivity contribution in [1.82, 2.24) is 10.6 Å². The third kappa shape index (κ3) is 6.45. The van der Waals surface area contributed by atoms with Gasteiger partial charge in [0, 0.05) is 13.1 Å². The molecule has 0 atom stereocenters. The van der Waals surface area contributed by atoms with Gasteiger partial charge in [0.05, 0.1) is 20.1 Å². The zero-order valence-corrected chi connectivity index (χ0v) is 11.5. The molecule has 0 heterocycles. The molecule has 0 aromatic heterocycles. The number of methoxy groups -OCH3 is 1. The van der Waals surface area contributed by atoms with Gasteiger partial charge in [-0.05, 0) is 12.5 Å². The van der Waals surface area contributed by atoms with E-state index in [-0.39, 0.29) is 5.97 Å². The number of aliphatic imine (C=N–C) groups is 1. The predicted molar refractivity (Wildman–Crippen MR) is 75.9 cm³/mol. The van der Waals surface area contributed by atoms with E-state index in [4.69, 9.17) is 0 Å². The van der Waals surface area contributed by atoms with Crippen molar-refractivity contribution in [2.75, 3.05) is 20.2 Å². The summed E-state index contributed by atoms with van der Waals surface area (Å²) in [4.78, 5) is 15.5. The quantitative estimate of drug-likeness (QED) is 0.461. The summed E-state index contributed by atoms with van der Waals surface area (Å²) in [6, 6.07) is 10.0. The normalized spacial score (nSPS) is 10.9. The average Bonchev–Trinajstić information content (AvgIpc) is 2.45. The van der Waals surface area contributed by atoms with Crippen molar-refractivity contribution in [2.45, 2.75) is 19.9 Å². The molecule has 2 N–H and O–H groups in total. The van der Waals surface area contributed by atoms with Gasteiger partial charge in [-0.3, -0.25) is 4.79 Å². The van der Waals surface area contributed by atoms with Crippen molar-refractivity contribution in [1.29, 1.82) is 0 Å². The number of carbonyl (C=O) groups excluding carboxylic acids is 1. The Labute approximate surface area is 114 Å². The third-order valence-corrected chi connectivity index (χ3v) is 2.46. The van der Waals surface area contributed by atoms with Gasteiger partial charge in [-0.1, -0.05) is 30.3 Å². The molecule has 0 aliphatic carbocycles. The van der Waals surface area contributed by atoms with Crippen LogP contribution in [0.3, 0.4) is 0 Å². The van der Waals surface area contributed by atoms with E-state index >= 15 is 0 Å². The number of nitrogens with zero attached hydrogens (tertiary/aromatic N) is 1. The molecule has 1 aromatic carbocycles. The molecule has 0 saturated heterocycles. The Bertz CT molecular complexity index is 404. The Morgan fingerprint density at radius 1 is 1.26 bits per heavy atom. The molecular weight excluding hydrogens is 242 g/mol. The van der Waals surface area contributed by atoms with Gasteiger partial charge < -0.3 is 15.4 Å². The Balaban J connectivity index is 2.44. The van der Waals surface area contributed by atoms with Crippen LogP contribution < -0.4 is 10.6 Å². The van der Waals surface area contributed by atoms with Gasteiger partial charge in [-0.2, -0.15) is 0 Å². The first kappa shape index (κ1) is 15.0. The summed E-state index contributed by atoms with van der Waals surface area (Å²) in [5, 5.41) is 6.23. The zero-order chi connectivity index (χ0) is 13.9. The molecule has 1 aromatic rings. The van der Waals surface area contributed by atoms with Gasteiger partial charge in [0.25, 0.3) is 0 Å². The van der Waals surface area contributed by atoms with Gasteiger partial charge in [0.15, 0.2) is 5.96 Å². The van der Waals surface area contributed by atoms with Crippen molar-refractivity contribution in [2.24, 2.45) is 4.99 Å². The van der Waals surface area contributed by atoms with Gasteiger partial charge in [-0.25, -0.2) is 4.99 Å². The van der Waals surface area contributed by atoms with E-state index in [1.165, 1.54) is 7.11 Å². The zero-order valence-electron chi connectivity index (χ0n) is 11.5. The molecule has 0 bridgehead atoms. The minimum Gasteiger partial charge on any atom is -0.469 e. The molecule has 0 unspecified atom stereocenters. The highest BCUT2D eigenvalue weighted by Crippen LogP contribution is 1.99.